The smallest absolute Gasteiger partial charge is 0.335 e. The molecular weight excluding hydrogens is 390 g/mol. The third kappa shape index (κ3) is 3.84. The second-order valence-electron chi connectivity index (χ2n) is 6.48. The Morgan fingerprint density at radius 2 is 1.81 bits per heavy atom. The monoisotopic (exact) mass is 409 g/mol. The second-order valence-corrected chi connectivity index (χ2v) is 10.5. The van der Waals surface area contributed by atoms with Crippen LogP contribution in [0, 0.1) is 6.92 Å². The SMILES string of the molecule is Cc1ccc(C(=O)O)cc1S(=O)(=O)N(c1ccccc1)[C@H]1CCS(=O)(=O)C1. The summed E-state index contributed by atoms with van der Waals surface area (Å²) in [5, 5.41) is 9.21. The van der Waals surface area contributed by atoms with Gasteiger partial charge in [0.15, 0.2) is 9.84 Å². The minimum absolute atomic E-state index is 0.0787. The highest BCUT2D eigenvalue weighted by atomic mass is 32.2. The quantitative estimate of drug-likeness (QED) is 0.810. The normalized spacial score (nSPS) is 18.9. The molecule has 27 heavy (non-hydrogen) atoms. The lowest BCUT2D eigenvalue weighted by Crippen LogP contribution is -2.41. The number of rotatable bonds is 5. The van der Waals surface area contributed by atoms with Crippen molar-refractivity contribution in [3.8, 4) is 0 Å². The average Bonchev–Trinajstić information content (AvgIpc) is 2.95. The topological polar surface area (TPSA) is 109 Å². The largest absolute Gasteiger partial charge is 0.478 e. The van der Waals surface area contributed by atoms with Crippen LogP contribution in [-0.2, 0) is 19.9 Å². The fourth-order valence-electron chi connectivity index (χ4n) is 3.20. The van der Waals surface area contributed by atoms with E-state index in [0.717, 1.165) is 10.4 Å². The lowest BCUT2D eigenvalue weighted by Gasteiger charge is -2.30. The predicted molar refractivity (Wildman–Crippen MR) is 101 cm³/mol. The lowest BCUT2D eigenvalue weighted by molar-refractivity contribution is 0.0696. The van der Waals surface area contributed by atoms with Gasteiger partial charge in [0.2, 0.25) is 0 Å². The third-order valence-corrected chi connectivity index (χ3v) is 8.30. The number of nitrogens with zero attached hydrogens (tertiary/aromatic N) is 1. The maximum absolute atomic E-state index is 13.5. The summed E-state index contributed by atoms with van der Waals surface area (Å²) in [6, 6.07) is 11.4. The van der Waals surface area contributed by atoms with Gasteiger partial charge in [-0.2, -0.15) is 0 Å². The summed E-state index contributed by atoms with van der Waals surface area (Å²) in [6.07, 6.45) is 0.189. The van der Waals surface area contributed by atoms with E-state index in [1.165, 1.54) is 12.1 Å². The van der Waals surface area contributed by atoms with Gasteiger partial charge >= 0.3 is 5.97 Å². The molecule has 1 aliphatic heterocycles. The number of benzene rings is 2. The van der Waals surface area contributed by atoms with Gasteiger partial charge in [0.1, 0.15) is 0 Å². The van der Waals surface area contributed by atoms with Crippen molar-refractivity contribution in [2.45, 2.75) is 24.3 Å². The van der Waals surface area contributed by atoms with Gasteiger partial charge in [-0.25, -0.2) is 21.6 Å². The first-order valence-electron chi connectivity index (χ1n) is 8.26. The lowest BCUT2D eigenvalue weighted by atomic mass is 10.1. The number of carbonyl (C=O) groups is 1. The van der Waals surface area contributed by atoms with Crippen LogP contribution in [0.2, 0.25) is 0 Å². The minimum atomic E-state index is -4.17. The number of anilines is 1. The molecule has 0 unspecified atom stereocenters. The molecule has 0 saturated carbocycles. The van der Waals surface area contributed by atoms with Gasteiger partial charge < -0.3 is 5.11 Å². The van der Waals surface area contributed by atoms with E-state index in [1.54, 1.807) is 37.3 Å². The van der Waals surface area contributed by atoms with Gasteiger partial charge in [-0.1, -0.05) is 24.3 Å². The van der Waals surface area contributed by atoms with Crippen molar-refractivity contribution in [2.75, 3.05) is 15.8 Å². The summed E-state index contributed by atoms with van der Waals surface area (Å²) in [5.74, 6) is -1.58. The summed E-state index contributed by atoms with van der Waals surface area (Å²) in [4.78, 5) is 11.1. The van der Waals surface area contributed by atoms with Crippen molar-refractivity contribution < 1.29 is 26.7 Å². The predicted octanol–water partition coefficient (Wildman–Crippen LogP) is 2.08. The maximum atomic E-state index is 13.5. The Bertz CT molecular complexity index is 1080. The number of aryl methyl sites for hydroxylation is 1. The Morgan fingerprint density at radius 3 is 2.37 bits per heavy atom. The van der Waals surface area contributed by atoms with Crippen LogP contribution >= 0.6 is 0 Å². The molecule has 0 amide bonds. The van der Waals surface area contributed by atoms with E-state index >= 15 is 0 Å². The summed E-state index contributed by atoms with van der Waals surface area (Å²) in [6.45, 7) is 1.58. The van der Waals surface area contributed by atoms with Crippen molar-refractivity contribution in [1.29, 1.82) is 0 Å². The van der Waals surface area contributed by atoms with Crippen LogP contribution in [0.15, 0.2) is 53.4 Å². The fourth-order valence-corrected chi connectivity index (χ4v) is 6.93. The van der Waals surface area contributed by atoms with Crippen LogP contribution in [0.5, 0.6) is 0 Å². The highest BCUT2D eigenvalue weighted by molar-refractivity contribution is 7.93. The Labute approximate surface area is 158 Å². The number of hydrogen-bond donors (Lipinski definition) is 1. The molecule has 3 rings (SSSR count). The first-order chi connectivity index (χ1) is 12.6. The van der Waals surface area contributed by atoms with Gasteiger partial charge in [-0.15, -0.1) is 0 Å². The second kappa shape index (κ2) is 6.97. The molecule has 1 saturated heterocycles. The van der Waals surface area contributed by atoms with E-state index in [-0.39, 0.29) is 28.4 Å². The molecule has 2 aromatic carbocycles. The highest BCUT2D eigenvalue weighted by Crippen LogP contribution is 2.32. The molecule has 0 radical (unpaired) electrons. The van der Waals surface area contributed by atoms with Crippen LogP contribution in [0.3, 0.4) is 0 Å². The molecule has 1 N–H and O–H groups in total. The van der Waals surface area contributed by atoms with Crippen molar-refractivity contribution in [1.82, 2.24) is 0 Å². The molecule has 9 heteroatoms. The maximum Gasteiger partial charge on any atom is 0.335 e. The number of para-hydroxylation sites is 1. The molecule has 0 aliphatic carbocycles. The van der Waals surface area contributed by atoms with E-state index in [1.807, 2.05) is 0 Å². The third-order valence-electron chi connectivity index (χ3n) is 4.52. The molecule has 1 aliphatic rings. The number of hydrogen-bond acceptors (Lipinski definition) is 5. The van der Waals surface area contributed by atoms with Gasteiger partial charge in [0, 0.05) is 0 Å². The summed E-state index contributed by atoms with van der Waals surface area (Å²) in [7, 11) is -7.49. The van der Waals surface area contributed by atoms with Gasteiger partial charge in [-0.3, -0.25) is 4.31 Å². The van der Waals surface area contributed by atoms with E-state index in [2.05, 4.69) is 0 Å². The number of carboxylic acid groups (broad SMARTS) is 1. The number of carboxylic acids is 1. The molecular formula is C18H19NO6S2. The zero-order valence-electron chi connectivity index (χ0n) is 14.6. The van der Waals surface area contributed by atoms with E-state index in [4.69, 9.17) is 0 Å². The van der Waals surface area contributed by atoms with Crippen LogP contribution in [0.1, 0.15) is 22.3 Å². The van der Waals surface area contributed by atoms with Crippen LogP contribution in [0.4, 0.5) is 5.69 Å². The first kappa shape index (κ1) is 19.4. The highest BCUT2D eigenvalue weighted by Gasteiger charge is 2.39. The van der Waals surface area contributed by atoms with E-state index in [9.17, 15) is 26.7 Å². The fraction of sp³-hybridized carbons (Fsp3) is 0.278. The van der Waals surface area contributed by atoms with Crippen molar-refractivity contribution in [3.63, 3.8) is 0 Å². The number of aromatic carboxylic acids is 1. The van der Waals surface area contributed by atoms with E-state index < -0.39 is 31.9 Å². The van der Waals surface area contributed by atoms with Crippen molar-refractivity contribution in [2.24, 2.45) is 0 Å². The molecule has 2 aromatic rings. The van der Waals surface area contributed by atoms with Gasteiger partial charge in [0.05, 0.1) is 33.7 Å². The van der Waals surface area contributed by atoms with Crippen LogP contribution in [-0.4, -0.2) is 45.5 Å². The summed E-state index contributed by atoms with van der Waals surface area (Å²) < 4.78 is 51.9. The molecule has 0 bridgehead atoms. The molecule has 7 nitrogen and oxygen atoms in total. The summed E-state index contributed by atoms with van der Waals surface area (Å²) in [5.41, 5.74) is 0.591. The van der Waals surface area contributed by atoms with Crippen LogP contribution < -0.4 is 4.31 Å². The Hall–Kier alpha value is -2.39. The Kier molecular flexibility index (Phi) is 5.00. The Balaban J connectivity index is 2.17. The van der Waals surface area contributed by atoms with Crippen molar-refractivity contribution in [3.05, 3.63) is 59.7 Å². The zero-order chi connectivity index (χ0) is 19.8. The van der Waals surface area contributed by atoms with Crippen molar-refractivity contribution >= 4 is 31.5 Å². The molecule has 1 heterocycles. The molecule has 0 aromatic heterocycles. The standard InChI is InChI=1S/C18H19NO6S2/c1-13-7-8-14(18(20)21)11-17(13)27(24,25)19(15-5-3-2-4-6-15)16-9-10-26(22,23)12-16/h2-8,11,16H,9-10,12H2,1H3,(H,20,21)/t16-/m0/s1. The first-order valence-corrected chi connectivity index (χ1v) is 11.5. The zero-order valence-corrected chi connectivity index (χ0v) is 16.2. The van der Waals surface area contributed by atoms with Gasteiger partial charge in [0.25, 0.3) is 10.0 Å². The number of sulfone groups is 1. The van der Waals surface area contributed by atoms with Gasteiger partial charge in [-0.05, 0) is 43.2 Å². The molecule has 1 fully saturated rings. The average molecular weight is 409 g/mol. The minimum Gasteiger partial charge on any atom is -0.478 e. The molecule has 144 valence electrons. The number of sulfonamides is 1. The Morgan fingerprint density at radius 1 is 1.15 bits per heavy atom. The molecule has 0 spiro atoms. The summed E-state index contributed by atoms with van der Waals surface area (Å²) >= 11 is 0. The van der Waals surface area contributed by atoms with Crippen LogP contribution in [0.25, 0.3) is 0 Å². The molecule has 1 atom stereocenters. The van der Waals surface area contributed by atoms with E-state index in [0.29, 0.717) is 11.3 Å².